The number of benzene rings is 2. The van der Waals surface area contributed by atoms with E-state index in [1.54, 1.807) is 24.3 Å². The van der Waals surface area contributed by atoms with Crippen LogP contribution in [0.15, 0.2) is 53.9 Å². The summed E-state index contributed by atoms with van der Waals surface area (Å²) in [4.78, 5) is 28.2. The first-order valence-electron chi connectivity index (χ1n) is 8.66. The molecule has 0 radical (unpaired) electrons. The van der Waals surface area contributed by atoms with Crippen LogP contribution in [-0.4, -0.2) is 30.6 Å². The van der Waals surface area contributed by atoms with Crippen LogP contribution in [0.2, 0.25) is 0 Å². The van der Waals surface area contributed by atoms with Crippen molar-refractivity contribution >= 4 is 23.3 Å². The van der Waals surface area contributed by atoms with Gasteiger partial charge in [-0.3, -0.25) is 4.79 Å². The molecule has 0 aliphatic rings. The minimum atomic E-state index is -0.444. The highest BCUT2D eigenvalue weighted by Crippen LogP contribution is 2.32. The second kappa shape index (κ2) is 9.14. The van der Waals surface area contributed by atoms with Gasteiger partial charge >= 0.3 is 11.9 Å². The molecule has 0 N–H and O–H groups in total. The maximum atomic E-state index is 12.2. The van der Waals surface area contributed by atoms with Gasteiger partial charge in [0.2, 0.25) is 0 Å². The molecule has 3 aromatic rings. The molecule has 0 saturated carbocycles. The molecule has 1 aromatic heterocycles. The Morgan fingerprint density at radius 2 is 1.82 bits per heavy atom. The summed E-state index contributed by atoms with van der Waals surface area (Å²) >= 11 is 1.45. The van der Waals surface area contributed by atoms with Crippen molar-refractivity contribution in [2.75, 3.05) is 13.7 Å². The Labute approximate surface area is 166 Å². The number of aromatic nitrogens is 1. The van der Waals surface area contributed by atoms with Crippen molar-refractivity contribution in [1.82, 2.24) is 4.98 Å². The molecule has 7 heteroatoms. The van der Waals surface area contributed by atoms with Crippen LogP contribution >= 0.6 is 11.3 Å². The highest BCUT2D eigenvalue weighted by atomic mass is 32.1. The van der Waals surface area contributed by atoms with Gasteiger partial charge in [-0.05, 0) is 43.3 Å². The molecule has 0 aliphatic heterocycles. The summed E-state index contributed by atoms with van der Waals surface area (Å²) in [7, 11) is 1.31. The van der Waals surface area contributed by atoms with Gasteiger partial charge in [0, 0.05) is 5.38 Å². The van der Waals surface area contributed by atoms with E-state index in [1.165, 1.54) is 18.4 Å². The maximum absolute atomic E-state index is 12.2. The van der Waals surface area contributed by atoms with Gasteiger partial charge in [-0.2, -0.15) is 0 Å². The van der Waals surface area contributed by atoms with Gasteiger partial charge in [0.15, 0.2) is 0 Å². The number of methoxy groups -OCH3 is 1. The molecule has 1 heterocycles. The van der Waals surface area contributed by atoms with Gasteiger partial charge in [-0.1, -0.05) is 12.1 Å². The minimum Gasteiger partial charge on any atom is -0.493 e. The number of para-hydroxylation sites is 1. The van der Waals surface area contributed by atoms with Crippen LogP contribution in [0.4, 0.5) is 0 Å². The van der Waals surface area contributed by atoms with Crippen LogP contribution in [0.5, 0.6) is 11.5 Å². The van der Waals surface area contributed by atoms with Gasteiger partial charge < -0.3 is 14.2 Å². The average Bonchev–Trinajstić information content (AvgIpc) is 3.16. The predicted octanol–water partition coefficient (Wildman–Crippen LogP) is 4.14. The number of thiazole rings is 1. The van der Waals surface area contributed by atoms with Crippen molar-refractivity contribution in [2.45, 2.75) is 13.3 Å². The fourth-order valence-electron chi connectivity index (χ4n) is 2.53. The number of hydrogen-bond acceptors (Lipinski definition) is 7. The van der Waals surface area contributed by atoms with Gasteiger partial charge in [-0.25, -0.2) is 9.78 Å². The molecule has 0 fully saturated rings. The van der Waals surface area contributed by atoms with E-state index in [4.69, 9.17) is 9.47 Å². The molecule has 2 aromatic carbocycles. The van der Waals surface area contributed by atoms with E-state index in [-0.39, 0.29) is 6.42 Å². The number of carbonyl (C=O) groups excluding carboxylic acids is 2. The van der Waals surface area contributed by atoms with Crippen molar-refractivity contribution in [1.29, 1.82) is 0 Å². The largest absolute Gasteiger partial charge is 0.493 e. The second-order valence-electron chi connectivity index (χ2n) is 5.74. The van der Waals surface area contributed by atoms with Gasteiger partial charge in [0.1, 0.15) is 16.5 Å². The SMILES string of the molecule is CCOc1ccccc1-c1nc(CC(=O)Oc2ccc(C(=O)OC)cc2)cs1. The molecule has 144 valence electrons. The minimum absolute atomic E-state index is 0.0477. The zero-order valence-electron chi connectivity index (χ0n) is 15.5. The Balaban J connectivity index is 1.65. The van der Waals surface area contributed by atoms with Crippen LogP contribution in [0, 0.1) is 0 Å². The third-order valence-corrected chi connectivity index (χ3v) is 4.73. The van der Waals surface area contributed by atoms with Crippen LogP contribution in [0.25, 0.3) is 10.6 Å². The predicted molar refractivity (Wildman–Crippen MR) is 106 cm³/mol. The first kappa shape index (κ1) is 19.6. The first-order chi connectivity index (χ1) is 13.6. The zero-order valence-corrected chi connectivity index (χ0v) is 16.3. The molecule has 0 spiro atoms. The Hall–Kier alpha value is -3.19. The molecule has 0 bridgehead atoms. The molecular weight excluding hydrogens is 378 g/mol. The van der Waals surface area contributed by atoms with Gasteiger partial charge in [-0.15, -0.1) is 11.3 Å². The van der Waals surface area contributed by atoms with Crippen molar-refractivity contribution in [3.63, 3.8) is 0 Å². The summed E-state index contributed by atoms with van der Waals surface area (Å²) in [5.74, 6) is 0.245. The Morgan fingerprint density at radius 1 is 1.07 bits per heavy atom. The summed E-state index contributed by atoms with van der Waals surface area (Å²) in [5, 5.41) is 2.62. The molecule has 28 heavy (non-hydrogen) atoms. The summed E-state index contributed by atoms with van der Waals surface area (Å²) in [6.07, 6.45) is 0.0477. The molecule has 0 amide bonds. The van der Waals surface area contributed by atoms with Gasteiger partial charge in [0.25, 0.3) is 0 Å². The maximum Gasteiger partial charge on any atom is 0.337 e. The number of hydrogen-bond donors (Lipinski definition) is 0. The summed E-state index contributed by atoms with van der Waals surface area (Å²) in [6, 6.07) is 13.8. The Morgan fingerprint density at radius 3 is 2.54 bits per heavy atom. The highest BCUT2D eigenvalue weighted by Gasteiger charge is 2.14. The Kier molecular flexibility index (Phi) is 6.39. The van der Waals surface area contributed by atoms with E-state index >= 15 is 0 Å². The molecule has 0 saturated heterocycles. The third kappa shape index (κ3) is 4.75. The number of carbonyl (C=O) groups is 2. The molecule has 6 nitrogen and oxygen atoms in total. The van der Waals surface area contributed by atoms with E-state index in [0.717, 1.165) is 16.3 Å². The fourth-order valence-corrected chi connectivity index (χ4v) is 3.38. The lowest BCUT2D eigenvalue weighted by molar-refractivity contribution is -0.133. The summed E-state index contributed by atoms with van der Waals surface area (Å²) < 4.78 is 15.6. The lowest BCUT2D eigenvalue weighted by atomic mass is 10.2. The number of esters is 2. The average molecular weight is 397 g/mol. The van der Waals surface area contributed by atoms with Crippen molar-refractivity contribution in [2.24, 2.45) is 0 Å². The Bertz CT molecular complexity index is 965. The van der Waals surface area contributed by atoms with E-state index < -0.39 is 11.9 Å². The lowest BCUT2D eigenvalue weighted by Crippen LogP contribution is -2.11. The molecule has 0 unspecified atom stereocenters. The molecule has 3 rings (SSSR count). The van der Waals surface area contributed by atoms with Crippen LogP contribution in [-0.2, 0) is 16.0 Å². The monoisotopic (exact) mass is 397 g/mol. The fraction of sp³-hybridized carbons (Fsp3) is 0.190. The van der Waals surface area contributed by atoms with Crippen LogP contribution < -0.4 is 9.47 Å². The summed E-state index contributed by atoms with van der Waals surface area (Å²) in [5.41, 5.74) is 1.91. The van der Waals surface area contributed by atoms with Crippen LogP contribution in [0.1, 0.15) is 23.0 Å². The second-order valence-corrected chi connectivity index (χ2v) is 6.60. The number of nitrogens with zero attached hydrogens (tertiary/aromatic N) is 1. The van der Waals surface area contributed by atoms with E-state index in [2.05, 4.69) is 9.72 Å². The van der Waals surface area contributed by atoms with Crippen LogP contribution in [0.3, 0.4) is 0 Å². The topological polar surface area (TPSA) is 74.7 Å². The van der Waals surface area contributed by atoms with E-state index in [1.807, 2.05) is 36.6 Å². The van der Waals surface area contributed by atoms with Crippen molar-refractivity contribution < 1.29 is 23.8 Å². The first-order valence-corrected chi connectivity index (χ1v) is 9.54. The van der Waals surface area contributed by atoms with E-state index in [9.17, 15) is 9.59 Å². The van der Waals surface area contributed by atoms with Crippen molar-refractivity contribution in [3.05, 3.63) is 65.2 Å². The number of ether oxygens (including phenoxy) is 3. The van der Waals surface area contributed by atoms with Gasteiger partial charge in [0.05, 0.1) is 37.0 Å². The molecule has 0 aliphatic carbocycles. The normalized spacial score (nSPS) is 10.4. The molecular formula is C21H19NO5S. The van der Waals surface area contributed by atoms with E-state index in [0.29, 0.717) is 23.6 Å². The van der Waals surface area contributed by atoms with Crippen molar-refractivity contribution in [3.8, 4) is 22.1 Å². The standard InChI is InChI=1S/C21H19NO5S/c1-3-26-18-7-5-4-6-17(18)20-22-15(13-28-20)12-19(23)27-16-10-8-14(9-11-16)21(24)25-2/h4-11,13H,3,12H2,1-2H3. The third-order valence-electron chi connectivity index (χ3n) is 3.80. The summed E-state index contributed by atoms with van der Waals surface area (Å²) in [6.45, 7) is 2.49. The smallest absolute Gasteiger partial charge is 0.337 e. The zero-order chi connectivity index (χ0) is 19.9. The quantitative estimate of drug-likeness (QED) is 0.441. The number of rotatable bonds is 7. The highest BCUT2D eigenvalue weighted by molar-refractivity contribution is 7.13. The lowest BCUT2D eigenvalue weighted by Gasteiger charge is -2.07. The molecule has 0 atom stereocenters.